The number of Topliss-reactive ketones (excluding diaryl/α,β-unsaturated/α-hetero) is 1. The first-order chi connectivity index (χ1) is 16.0. The standard InChI is InChI=1S/C27H26Cl2N2O2/c28-25-5-2-6-26(27(25)29)31-13-11-30(12-14-31)18-19-3-1-4-23(15-19)33-24-10-8-20-7-9-22(32)16-21(20)17-24/h1-6,8,10,15,17H,7,9,11-14,16,18H2. The SMILES string of the molecule is O=C1CCc2ccc(Oc3cccc(CN4CCN(c5cccc(Cl)c5Cl)CC4)c3)cc2C1. The first kappa shape index (κ1) is 22.3. The number of piperazine rings is 1. The number of benzene rings is 3. The van der Waals surface area contributed by atoms with Crippen LogP contribution in [0.1, 0.15) is 23.1 Å². The Morgan fingerprint density at radius 3 is 2.45 bits per heavy atom. The van der Waals surface area contributed by atoms with Crippen LogP contribution in [0.2, 0.25) is 10.0 Å². The zero-order valence-corrected chi connectivity index (χ0v) is 19.9. The van der Waals surface area contributed by atoms with Crippen LogP contribution in [0.25, 0.3) is 0 Å². The molecule has 0 bridgehead atoms. The molecule has 6 heteroatoms. The molecule has 0 spiro atoms. The third kappa shape index (κ3) is 5.19. The minimum absolute atomic E-state index is 0.305. The van der Waals surface area contributed by atoms with Crippen LogP contribution in [-0.2, 0) is 24.2 Å². The number of hydrogen-bond acceptors (Lipinski definition) is 4. The highest BCUT2D eigenvalue weighted by Gasteiger charge is 2.20. The van der Waals surface area contributed by atoms with Crippen LogP contribution >= 0.6 is 23.2 Å². The van der Waals surface area contributed by atoms with E-state index in [1.165, 1.54) is 11.1 Å². The Morgan fingerprint density at radius 1 is 0.818 bits per heavy atom. The van der Waals surface area contributed by atoms with E-state index in [1.54, 1.807) is 0 Å². The topological polar surface area (TPSA) is 32.8 Å². The van der Waals surface area contributed by atoms with Crippen LogP contribution < -0.4 is 9.64 Å². The van der Waals surface area contributed by atoms with Crippen LogP contribution in [0.15, 0.2) is 60.7 Å². The Morgan fingerprint density at radius 2 is 1.61 bits per heavy atom. The van der Waals surface area contributed by atoms with Crippen molar-refractivity contribution in [2.24, 2.45) is 0 Å². The highest BCUT2D eigenvalue weighted by molar-refractivity contribution is 6.43. The highest BCUT2D eigenvalue weighted by atomic mass is 35.5. The number of ether oxygens (including phenoxy) is 1. The second kappa shape index (κ2) is 9.76. The van der Waals surface area contributed by atoms with E-state index in [-0.39, 0.29) is 0 Å². The van der Waals surface area contributed by atoms with Crippen molar-refractivity contribution in [2.45, 2.75) is 25.8 Å². The number of ketones is 1. The number of rotatable bonds is 5. The van der Waals surface area contributed by atoms with Crippen molar-refractivity contribution < 1.29 is 9.53 Å². The minimum atomic E-state index is 0.305. The molecule has 3 aromatic rings. The molecule has 1 heterocycles. The van der Waals surface area contributed by atoms with E-state index >= 15 is 0 Å². The number of carbonyl (C=O) groups excluding carboxylic acids is 1. The van der Waals surface area contributed by atoms with Crippen LogP contribution in [0.5, 0.6) is 11.5 Å². The lowest BCUT2D eigenvalue weighted by atomic mass is 9.91. The highest BCUT2D eigenvalue weighted by Crippen LogP contribution is 2.33. The molecular weight excluding hydrogens is 455 g/mol. The zero-order chi connectivity index (χ0) is 22.8. The van der Waals surface area contributed by atoms with E-state index in [4.69, 9.17) is 27.9 Å². The smallest absolute Gasteiger partial charge is 0.137 e. The molecule has 4 nitrogen and oxygen atoms in total. The van der Waals surface area contributed by atoms with Gasteiger partial charge in [0, 0.05) is 45.6 Å². The molecule has 2 aliphatic rings. The van der Waals surface area contributed by atoms with Crippen molar-refractivity contribution >= 4 is 34.7 Å². The fourth-order valence-corrected chi connectivity index (χ4v) is 5.05. The predicted molar refractivity (Wildman–Crippen MR) is 134 cm³/mol. The number of nitrogens with zero attached hydrogens (tertiary/aromatic N) is 2. The second-order valence-corrected chi connectivity index (χ2v) is 9.52. The van der Waals surface area contributed by atoms with Crippen molar-refractivity contribution in [3.63, 3.8) is 0 Å². The number of halogens is 2. The average molecular weight is 481 g/mol. The third-order valence-corrected chi connectivity index (χ3v) is 7.23. The summed E-state index contributed by atoms with van der Waals surface area (Å²) in [4.78, 5) is 16.5. The van der Waals surface area contributed by atoms with Gasteiger partial charge in [-0.15, -0.1) is 0 Å². The zero-order valence-electron chi connectivity index (χ0n) is 18.4. The molecule has 0 radical (unpaired) electrons. The third-order valence-electron chi connectivity index (χ3n) is 6.42. The molecule has 1 aliphatic heterocycles. The van der Waals surface area contributed by atoms with Crippen LogP contribution in [0, 0.1) is 0 Å². The lowest BCUT2D eigenvalue weighted by Crippen LogP contribution is -2.46. The van der Waals surface area contributed by atoms with Gasteiger partial charge in [-0.05, 0) is 59.5 Å². The number of carbonyl (C=O) groups is 1. The Bertz CT molecular complexity index is 1170. The number of aryl methyl sites for hydroxylation is 1. The van der Waals surface area contributed by atoms with Gasteiger partial charge < -0.3 is 9.64 Å². The summed E-state index contributed by atoms with van der Waals surface area (Å²) in [7, 11) is 0. The quantitative estimate of drug-likeness (QED) is 0.437. The minimum Gasteiger partial charge on any atom is -0.457 e. The van der Waals surface area contributed by atoms with Gasteiger partial charge in [0.1, 0.15) is 17.3 Å². The van der Waals surface area contributed by atoms with E-state index in [9.17, 15) is 4.79 Å². The van der Waals surface area contributed by atoms with Crippen molar-refractivity contribution in [3.05, 3.63) is 87.4 Å². The van der Waals surface area contributed by atoms with E-state index in [1.807, 2.05) is 42.5 Å². The molecule has 0 unspecified atom stereocenters. The van der Waals surface area contributed by atoms with Crippen LogP contribution in [-0.4, -0.2) is 36.9 Å². The Balaban J connectivity index is 1.20. The molecular formula is C27H26Cl2N2O2. The molecule has 0 amide bonds. The molecule has 170 valence electrons. The maximum atomic E-state index is 11.8. The molecule has 1 aliphatic carbocycles. The molecule has 0 N–H and O–H groups in total. The summed E-state index contributed by atoms with van der Waals surface area (Å²) in [6, 6.07) is 20.2. The average Bonchev–Trinajstić information content (AvgIpc) is 2.81. The Hall–Kier alpha value is -2.53. The first-order valence-corrected chi connectivity index (χ1v) is 12.1. The Labute approximate surface area is 204 Å². The van der Waals surface area contributed by atoms with E-state index in [2.05, 4.69) is 28.0 Å². The maximum Gasteiger partial charge on any atom is 0.137 e. The van der Waals surface area contributed by atoms with E-state index in [0.717, 1.165) is 61.9 Å². The van der Waals surface area contributed by atoms with Gasteiger partial charge in [0.15, 0.2) is 0 Å². The lowest BCUT2D eigenvalue weighted by Gasteiger charge is -2.36. The van der Waals surface area contributed by atoms with Gasteiger partial charge in [-0.1, -0.05) is 47.5 Å². The predicted octanol–water partition coefficient (Wildman–Crippen LogP) is 6.17. The fraction of sp³-hybridized carbons (Fsp3) is 0.296. The van der Waals surface area contributed by atoms with Crippen LogP contribution in [0.3, 0.4) is 0 Å². The summed E-state index contributed by atoms with van der Waals surface area (Å²) in [6.45, 7) is 4.58. The lowest BCUT2D eigenvalue weighted by molar-refractivity contribution is -0.118. The van der Waals surface area contributed by atoms with Crippen molar-refractivity contribution in [2.75, 3.05) is 31.1 Å². The maximum absolute atomic E-state index is 11.8. The molecule has 1 saturated heterocycles. The first-order valence-electron chi connectivity index (χ1n) is 11.4. The summed E-state index contributed by atoms with van der Waals surface area (Å²) in [5.41, 5.74) is 4.58. The summed E-state index contributed by atoms with van der Waals surface area (Å²) >= 11 is 12.6. The molecule has 5 rings (SSSR count). The van der Waals surface area contributed by atoms with Gasteiger partial charge in [-0.25, -0.2) is 0 Å². The summed E-state index contributed by atoms with van der Waals surface area (Å²) < 4.78 is 6.14. The molecule has 0 saturated carbocycles. The van der Waals surface area contributed by atoms with E-state index < -0.39 is 0 Å². The summed E-state index contributed by atoms with van der Waals surface area (Å²) in [5, 5.41) is 1.22. The van der Waals surface area contributed by atoms with Crippen LogP contribution in [0.4, 0.5) is 5.69 Å². The van der Waals surface area contributed by atoms with Gasteiger partial charge in [-0.2, -0.15) is 0 Å². The van der Waals surface area contributed by atoms with Gasteiger partial charge in [-0.3, -0.25) is 9.69 Å². The fourth-order valence-electron chi connectivity index (χ4n) is 4.63. The summed E-state index contributed by atoms with van der Waals surface area (Å²) in [5.74, 6) is 1.91. The number of hydrogen-bond donors (Lipinski definition) is 0. The summed E-state index contributed by atoms with van der Waals surface area (Å²) in [6.07, 6.45) is 2.00. The Kier molecular flexibility index (Phi) is 6.59. The largest absolute Gasteiger partial charge is 0.457 e. The van der Waals surface area contributed by atoms with Crippen molar-refractivity contribution in [3.8, 4) is 11.5 Å². The van der Waals surface area contributed by atoms with Gasteiger partial charge in [0.2, 0.25) is 0 Å². The normalized spacial score (nSPS) is 16.5. The molecule has 33 heavy (non-hydrogen) atoms. The van der Waals surface area contributed by atoms with Crippen molar-refractivity contribution in [1.29, 1.82) is 0 Å². The van der Waals surface area contributed by atoms with Crippen molar-refractivity contribution in [1.82, 2.24) is 4.90 Å². The number of fused-ring (bicyclic) bond motifs is 1. The second-order valence-electron chi connectivity index (χ2n) is 8.73. The molecule has 0 atom stereocenters. The molecule has 0 aromatic heterocycles. The van der Waals surface area contributed by atoms with Gasteiger partial charge in [0.05, 0.1) is 15.7 Å². The molecule has 1 fully saturated rings. The monoisotopic (exact) mass is 480 g/mol. The van der Waals surface area contributed by atoms with E-state index in [0.29, 0.717) is 28.7 Å². The van der Waals surface area contributed by atoms with Gasteiger partial charge >= 0.3 is 0 Å². The van der Waals surface area contributed by atoms with Gasteiger partial charge in [0.25, 0.3) is 0 Å². The number of anilines is 1. The molecule has 3 aromatic carbocycles.